The van der Waals surface area contributed by atoms with Crippen molar-refractivity contribution in [2.75, 3.05) is 4.90 Å². The van der Waals surface area contributed by atoms with Crippen molar-refractivity contribution < 1.29 is 9.53 Å². The lowest BCUT2D eigenvalue weighted by molar-refractivity contribution is -0.118. The summed E-state index contributed by atoms with van der Waals surface area (Å²) in [6.45, 7) is 1.99. The van der Waals surface area contributed by atoms with E-state index in [0.29, 0.717) is 6.42 Å². The average molecular weight is 279 g/mol. The summed E-state index contributed by atoms with van der Waals surface area (Å²) in [5.41, 5.74) is 1.80. The van der Waals surface area contributed by atoms with Crippen molar-refractivity contribution in [2.24, 2.45) is 0 Å². The maximum Gasteiger partial charge on any atom is 0.257 e. The van der Waals surface area contributed by atoms with Crippen LogP contribution in [0.25, 0.3) is 0 Å². The first-order valence-electron chi connectivity index (χ1n) is 7.10. The summed E-state index contributed by atoms with van der Waals surface area (Å²) in [4.78, 5) is 14.2. The van der Waals surface area contributed by atoms with Crippen LogP contribution in [-0.4, -0.2) is 5.91 Å². The highest BCUT2D eigenvalue weighted by molar-refractivity contribution is 6.02. The fourth-order valence-corrected chi connectivity index (χ4v) is 2.42. The van der Waals surface area contributed by atoms with Crippen molar-refractivity contribution in [3.63, 3.8) is 0 Å². The predicted octanol–water partition coefficient (Wildman–Crippen LogP) is 4.04. The number of hydrogen-bond acceptors (Lipinski definition) is 2. The van der Waals surface area contributed by atoms with Crippen LogP contribution in [0.2, 0.25) is 0 Å². The molecule has 2 aromatic rings. The minimum atomic E-state index is -0.416. The number of hydrogen-bond donors (Lipinski definition) is 0. The molecule has 0 N–H and O–H groups in total. The minimum Gasteiger partial charge on any atom is -0.470 e. The van der Waals surface area contributed by atoms with Crippen molar-refractivity contribution in [3.05, 3.63) is 78.1 Å². The molecule has 1 heterocycles. The zero-order valence-corrected chi connectivity index (χ0v) is 11.9. The van der Waals surface area contributed by atoms with Crippen molar-refractivity contribution >= 4 is 11.6 Å². The normalized spacial score (nSPS) is 18.1. The maximum atomic E-state index is 12.5. The van der Waals surface area contributed by atoms with Gasteiger partial charge in [0, 0.05) is 23.7 Å². The Morgan fingerprint density at radius 1 is 1.00 bits per heavy atom. The van der Waals surface area contributed by atoms with Gasteiger partial charge in [-0.15, -0.1) is 0 Å². The van der Waals surface area contributed by atoms with E-state index in [-0.39, 0.29) is 5.91 Å². The van der Waals surface area contributed by atoms with Gasteiger partial charge in [-0.05, 0) is 12.1 Å². The van der Waals surface area contributed by atoms with E-state index in [1.165, 1.54) is 0 Å². The molecule has 1 atom stereocenters. The van der Waals surface area contributed by atoms with Crippen LogP contribution in [0, 0.1) is 0 Å². The summed E-state index contributed by atoms with van der Waals surface area (Å²) in [7, 11) is 0. The fourth-order valence-electron chi connectivity index (χ4n) is 2.42. The molecule has 0 fully saturated rings. The van der Waals surface area contributed by atoms with Crippen LogP contribution in [0.15, 0.2) is 72.5 Å². The summed E-state index contributed by atoms with van der Waals surface area (Å²) in [6.07, 6.45) is 1.87. The van der Waals surface area contributed by atoms with Gasteiger partial charge in [-0.25, -0.2) is 0 Å². The number of benzene rings is 2. The average Bonchev–Trinajstić information content (AvgIpc) is 2.55. The molecule has 21 heavy (non-hydrogen) atoms. The van der Waals surface area contributed by atoms with Crippen molar-refractivity contribution in [2.45, 2.75) is 19.6 Å². The summed E-state index contributed by atoms with van der Waals surface area (Å²) in [6, 6.07) is 19.4. The monoisotopic (exact) mass is 279 g/mol. The summed E-state index contributed by atoms with van der Waals surface area (Å²) >= 11 is 0. The summed E-state index contributed by atoms with van der Waals surface area (Å²) in [5.74, 6) is 0.680. The van der Waals surface area contributed by atoms with Gasteiger partial charge in [0.2, 0.25) is 6.23 Å². The molecule has 0 saturated heterocycles. The van der Waals surface area contributed by atoms with Gasteiger partial charge in [0.05, 0.1) is 0 Å². The van der Waals surface area contributed by atoms with E-state index in [4.69, 9.17) is 4.74 Å². The molecule has 1 unspecified atom stereocenters. The Labute approximate surface area is 124 Å². The molecular weight excluding hydrogens is 262 g/mol. The predicted molar refractivity (Wildman–Crippen MR) is 82.6 cm³/mol. The second-order valence-electron chi connectivity index (χ2n) is 4.89. The zero-order valence-electron chi connectivity index (χ0n) is 11.9. The van der Waals surface area contributed by atoms with E-state index < -0.39 is 6.23 Å². The highest BCUT2D eigenvalue weighted by Gasteiger charge is 2.31. The second kappa shape index (κ2) is 5.83. The Kier molecular flexibility index (Phi) is 3.73. The third-order valence-electron chi connectivity index (χ3n) is 3.49. The Morgan fingerprint density at radius 3 is 2.24 bits per heavy atom. The number of allylic oxidation sites excluding steroid dienone is 1. The van der Waals surface area contributed by atoms with Gasteiger partial charge < -0.3 is 4.74 Å². The van der Waals surface area contributed by atoms with Gasteiger partial charge in [-0.2, -0.15) is 0 Å². The standard InChI is InChI=1S/C18H17NO2/c1-2-16-13-17(20)19(15-11-7-4-8-12-15)18(21-16)14-9-5-3-6-10-14/h3-13,18H,2H2,1H3. The van der Waals surface area contributed by atoms with Gasteiger partial charge in [0.15, 0.2) is 0 Å². The van der Waals surface area contributed by atoms with E-state index in [9.17, 15) is 4.79 Å². The van der Waals surface area contributed by atoms with Crippen LogP contribution in [0.1, 0.15) is 25.1 Å². The third kappa shape index (κ3) is 2.68. The highest BCUT2D eigenvalue weighted by Crippen LogP contribution is 2.34. The molecular formula is C18H17NO2. The zero-order chi connectivity index (χ0) is 14.7. The van der Waals surface area contributed by atoms with Gasteiger partial charge in [-0.1, -0.05) is 55.5 Å². The molecule has 0 saturated carbocycles. The number of rotatable bonds is 3. The first-order chi connectivity index (χ1) is 10.3. The van der Waals surface area contributed by atoms with Gasteiger partial charge in [0.1, 0.15) is 5.76 Å². The molecule has 3 rings (SSSR count). The van der Waals surface area contributed by atoms with Crippen LogP contribution in [0.3, 0.4) is 0 Å². The Morgan fingerprint density at radius 2 is 1.62 bits per heavy atom. The largest absolute Gasteiger partial charge is 0.470 e. The number of ether oxygens (including phenoxy) is 1. The highest BCUT2D eigenvalue weighted by atomic mass is 16.5. The van der Waals surface area contributed by atoms with Crippen molar-refractivity contribution in [1.82, 2.24) is 0 Å². The third-order valence-corrected chi connectivity index (χ3v) is 3.49. The molecule has 0 radical (unpaired) electrons. The Hall–Kier alpha value is -2.55. The maximum absolute atomic E-state index is 12.5. The van der Waals surface area contributed by atoms with Crippen LogP contribution in [0.4, 0.5) is 5.69 Å². The number of carbonyl (C=O) groups excluding carboxylic acids is 1. The van der Waals surface area contributed by atoms with Crippen LogP contribution in [0.5, 0.6) is 0 Å². The first kappa shape index (κ1) is 13.4. The first-order valence-corrected chi connectivity index (χ1v) is 7.10. The molecule has 1 aliphatic rings. The topological polar surface area (TPSA) is 29.5 Å². The van der Waals surface area contributed by atoms with Gasteiger partial charge in [0.25, 0.3) is 5.91 Å². The Bertz CT molecular complexity index is 649. The Balaban J connectivity index is 2.05. The molecule has 0 bridgehead atoms. The van der Waals surface area contributed by atoms with Crippen molar-refractivity contribution in [1.29, 1.82) is 0 Å². The molecule has 0 aliphatic carbocycles. The summed E-state index contributed by atoms with van der Waals surface area (Å²) in [5, 5.41) is 0. The second-order valence-corrected chi connectivity index (χ2v) is 4.89. The lowest BCUT2D eigenvalue weighted by Gasteiger charge is -2.35. The van der Waals surface area contributed by atoms with Crippen LogP contribution < -0.4 is 4.90 Å². The van der Waals surface area contributed by atoms with E-state index >= 15 is 0 Å². The molecule has 1 amide bonds. The molecule has 2 aromatic carbocycles. The molecule has 1 aliphatic heterocycles. The van der Waals surface area contributed by atoms with Gasteiger partial charge >= 0.3 is 0 Å². The minimum absolute atomic E-state index is 0.0434. The fraction of sp³-hybridized carbons (Fsp3) is 0.167. The SMILES string of the molecule is CCC1=CC(=O)N(c2ccccc2)C(c2ccccc2)O1. The quantitative estimate of drug-likeness (QED) is 0.848. The number of nitrogens with zero attached hydrogens (tertiary/aromatic N) is 1. The number of para-hydroxylation sites is 1. The molecule has 0 aromatic heterocycles. The van der Waals surface area contributed by atoms with Crippen molar-refractivity contribution in [3.8, 4) is 0 Å². The van der Waals surface area contributed by atoms with Crippen LogP contribution in [-0.2, 0) is 9.53 Å². The van der Waals surface area contributed by atoms with E-state index in [1.54, 1.807) is 11.0 Å². The van der Waals surface area contributed by atoms with Gasteiger partial charge in [-0.3, -0.25) is 9.69 Å². The lowest BCUT2D eigenvalue weighted by Crippen LogP contribution is -2.38. The lowest BCUT2D eigenvalue weighted by atomic mass is 10.1. The number of anilines is 1. The number of carbonyl (C=O) groups is 1. The number of amides is 1. The summed E-state index contributed by atoms with van der Waals surface area (Å²) < 4.78 is 6.03. The van der Waals surface area contributed by atoms with E-state index in [1.807, 2.05) is 67.6 Å². The molecule has 3 nitrogen and oxygen atoms in total. The molecule has 106 valence electrons. The van der Waals surface area contributed by atoms with Crippen LogP contribution >= 0.6 is 0 Å². The molecule has 3 heteroatoms. The van der Waals surface area contributed by atoms with E-state index in [2.05, 4.69) is 0 Å². The smallest absolute Gasteiger partial charge is 0.257 e. The molecule has 0 spiro atoms. The van der Waals surface area contributed by atoms with E-state index in [0.717, 1.165) is 17.0 Å².